The van der Waals surface area contributed by atoms with Crippen molar-refractivity contribution in [1.82, 2.24) is 15.3 Å². The van der Waals surface area contributed by atoms with Crippen molar-refractivity contribution in [3.05, 3.63) is 53.4 Å². The van der Waals surface area contributed by atoms with Crippen LogP contribution in [0.3, 0.4) is 0 Å². The fourth-order valence-corrected chi connectivity index (χ4v) is 2.39. The maximum atomic E-state index is 13.8. The SMILES string of the molecule is Cc1ccnc(C(NC(=O)c2c(O)cccc2F)C2CC2)n1. The zero-order chi connectivity index (χ0) is 15.7. The minimum absolute atomic E-state index is 0.250. The Labute approximate surface area is 127 Å². The van der Waals surface area contributed by atoms with Gasteiger partial charge in [0.1, 0.15) is 17.1 Å². The van der Waals surface area contributed by atoms with Crippen LogP contribution in [0.1, 0.15) is 40.8 Å². The number of rotatable bonds is 4. The number of aromatic nitrogens is 2. The second kappa shape index (κ2) is 5.71. The van der Waals surface area contributed by atoms with Gasteiger partial charge in [0.15, 0.2) is 5.82 Å². The maximum absolute atomic E-state index is 13.8. The van der Waals surface area contributed by atoms with Crippen LogP contribution in [-0.4, -0.2) is 21.0 Å². The second-order valence-corrected chi connectivity index (χ2v) is 5.48. The first kappa shape index (κ1) is 14.4. The van der Waals surface area contributed by atoms with E-state index in [9.17, 15) is 14.3 Å². The monoisotopic (exact) mass is 301 g/mol. The molecule has 1 aromatic carbocycles. The largest absolute Gasteiger partial charge is 0.507 e. The summed E-state index contributed by atoms with van der Waals surface area (Å²) in [5, 5.41) is 12.5. The summed E-state index contributed by atoms with van der Waals surface area (Å²) >= 11 is 0. The van der Waals surface area contributed by atoms with Crippen LogP contribution in [0.5, 0.6) is 5.75 Å². The van der Waals surface area contributed by atoms with Crippen LogP contribution in [0.2, 0.25) is 0 Å². The Morgan fingerprint density at radius 3 is 2.82 bits per heavy atom. The highest BCUT2D eigenvalue weighted by Crippen LogP contribution is 2.40. The molecule has 1 aromatic heterocycles. The lowest BCUT2D eigenvalue weighted by molar-refractivity contribution is 0.0922. The van der Waals surface area contributed by atoms with Crippen LogP contribution in [0.15, 0.2) is 30.5 Å². The molecule has 1 fully saturated rings. The van der Waals surface area contributed by atoms with Gasteiger partial charge in [-0.15, -0.1) is 0 Å². The Morgan fingerprint density at radius 1 is 1.41 bits per heavy atom. The summed E-state index contributed by atoms with van der Waals surface area (Å²) in [7, 11) is 0. The van der Waals surface area contributed by atoms with Gasteiger partial charge in [0, 0.05) is 11.9 Å². The van der Waals surface area contributed by atoms with E-state index in [-0.39, 0.29) is 23.3 Å². The summed E-state index contributed by atoms with van der Waals surface area (Å²) < 4.78 is 13.8. The number of carbonyl (C=O) groups is 1. The smallest absolute Gasteiger partial charge is 0.258 e. The number of carbonyl (C=O) groups excluding carboxylic acids is 1. The quantitative estimate of drug-likeness (QED) is 0.910. The van der Waals surface area contributed by atoms with Gasteiger partial charge in [-0.2, -0.15) is 0 Å². The van der Waals surface area contributed by atoms with E-state index in [1.54, 1.807) is 12.3 Å². The lowest BCUT2D eigenvalue weighted by atomic mass is 10.1. The molecule has 2 N–H and O–H groups in total. The summed E-state index contributed by atoms with van der Waals surface area (Å²) in [6, 6.07) is 5.19. The van der Waals surface area contributed by atoms with Crippen LogP contribution >= 0.6 is 0 Å². The van der Waals surface area contributed by atoms with Crippen molar-refractivity contribution >= 4 is 5.91 Å². The number of phenolic OH excluding ortho intramolecular Hbond substituents is 1. The molecule has 0 aliphatic heterocycles. The predicted molar refractivity (Wildman–Crippen MR) is 77.8 cm³/mol. The van der Waals surface area contributed by atoms with Crippen LogP contribution < -0.4 is 5.32 Å². The summed E-state index contributed by atoms with van der Waals surface area (Å²) in [5.74, 6) is -1.02. The fraction of sp³-hybridized carbons (Fsp3) is 0.312. The van der Waals surface area contributed by atoms with Crippen molar-refractivity contribution < 1.29 is 14.3 Å². The molecule has 0 saturated heterocycles. The third kappa shape index (κ3) is 2.90. The van der Waals surface area contributed by atoms with Gasteiger partial charge in [0.05, 0.1) is 6.04 Å². The summed E-state index contributed by atoms with van der Waals surface area (Å²) in [5.41, 5.74) is 0.458. The van der Waals surface area contributed by atoms with Crippen molar-refractivity contribution in [3.63, 3.8) is 0 Å². The standard InChI is InChI=1S/C16H16FN3O2/c1-9-7-8-18-15(19-9)14(10-5-6-10)20-16(22)13-11(17)3-2-4-12(13)21/h2-4,7-8,10,14,21H,5-6H2,1H3,(H,20,22). The second-order valence-electron chi connectivity index (χ2n) is 5.48. The molecule has 0 radical (unpaired) electrons. The van der Waals surface area contributed by atoms with Crippen LogP contribution in [0.25, 0.3) is 0 Å². The molecule has 1 amide bonds. The number of aromatic hydroxyl groups is 1. The molecule has 0 spiro atoms. The molecule has 1 heterocycles. The van der Waals surface area contributed by atoms with Gasteiger partial charge in [-0.05, 0) is 43.9 Å². The van der Waals surface area contributed by atoms with Crippen molar-refractivity contribution in [1.29, 1.82) is 0 Å². The summed E-state index contributed by atoms with van der Waals surface area (Å²) in [6.45, 7) is 1.85. The van der Waals surface area contributed by atoms with E-state index in [2.05, 4.69) is 15.3 Å². The van der Waals surface area contributed by atoms with E-state index in [1.165, 1.54) is 12.1 Å². The Morgan fingerprint density at radius 2 is 2.18 bits per heavy atom. The molecule has 1 atom stereocenters. The molecule has 1 aliphatic rings. The summed E-state index contributed by atoms with van der Waals surface area (Å²) in [6.07, 6.45) is 3.57. The zero-order valence-electron chi connectivity index (χ0n) is 12.1. The topological polar surface area (TPSA) is 75.1 Å². The Kier molecular flexibility index (Phi) is 3.75. The van der Waals surface area contributed by atoms with E-state index in [0.717, 1.165) is 24.6 Å². The molecule has 114 valence electrons. The molecule has 1 unspecified atom stereocenters. The molecule has 0 bridgehead atoms. The average molecular weight is 301 g/mol. The minimum Gasteiger partial charge on any atom is -0.507 e. The molecule has 5 nitrogen and oxygen atoms in total. The molecular formula is C16H16FN3O2. The molecule has 22 heavy (non-hydrogen) atoms. The molecular weight excluding hydrogens is 285 g/mol. The lowest BCUT2D eigenvalue weighted by Crippen LogP contribution is -2.32. The number of nitrogens with one attached hydrogen (secondary N) is 1. The number of nitrogens with zero attached hydrogens (tertiary/aromatic N) is 2. The van der Waals surface area contributed by atoms with E-state index < -0.39 is 11.7 Å². The van der Waals surface area contributed by atoms with Crippen LogP contribution in [0.4, 0.5) is 4.39 Å². The maximum Gasteiger partial charge on any atom is 0.258 e. The van der Waals surface area contributed by atoms with E-state index in [0.29, 0.717) is 5.82 Å². The first-order valence-corrected chi connectivity index (χ1v) is 7.14. The highest BCUT2D eigenvalue weighted by atomic mass is 19.1. The number of amides is 1. The van der Waals surface area contributed by atoms with Gasteiger partial charge in [0.25, 0.3) is 5.91 Å². The third-order valence-electron chi connectivity index (χ3n) is 3.69. The van der Waals surface area contributed by atoms with Crippen molar-refractivity contribution in [2.45, 2.75) is 25.8 Å². The number of halogens is 1. The van der Waals surface area contributed by atoms with E-state index in [1.807, 2.05) is 6.92 Å². The van der Waals surface area contributed by atoms with E-state index in [4.69, 9.17) is 0 Å². The highest BCUT2D eigenvalue weighted by Gasteiger charge is 2.36. The first-order chi connectivity index (χ1) is 10.6. The normalized spacial score (nSPS) is 15.4. The van der Waals surface area contributed by atoms with Crippen molar-refractivity contribution in [2.75, 3.05) is 0 Å². The minimum atomic E-state index is -0.753. The van der Waals surface area contributed by atoms with Gasteiger partial charge in [-0.25, -0.2) is 14.4 Å². The molecule has 6 heteroatoms. The van der Waals surface area contributed by atoms with Gasteiger partial charge in [0.2, 0.25) is 0 Å². The van der Waals surface area contributed by atoms with Gasteiger partial charge < -0.3 is 10.4 Å². The fourth-order valence-electron chi connectivity index (χ4n) is 2.39. The third-order valence-corrected chi connectivity index (χ3v) is 3.69. The zero-order valence-corrected chi connectivity index (χ0v) is 12.1. The van der Waals surface area contributed by atoms with Crippen molar-refractivity contribution in [3.8, 4) is 5.75 Å². The number of aryl methyl sites for hydroxylation is 1. The molecule has 1 aliphatic carbocycles. The van der Waals surface area contributed by atoms with Gasteiger partial charge in [-0.3, -0.25) is 4.79 Å². The Balaban J connectivity index is 1.87. The Bertz CT molecular complexity index is 696. The van der Waals surface area contributed by atoms with Crippen LogP contribution in [-0.2, 0) is 0 Å². The molecule has 3 rings (SSSR count). The number of hydrogen-bond acceptors (Lipinski definition) is 4. The molecule has 1 saturated carbocycles. The Hall–Kier alpha value is -2.50. The van der Waals surface area contributed by atoms with Crippen LogP contribution in [0, 0.1) is 18.7 Å². The van der Waals surface area contributed by atoms with Gasteiger partial charge >= 0.3 is 0 Å². The van der Waals surface area contributed by atoms with Gasteiger partial charge in [-0.1, -0.05) is 6.07 Å². The van der Waals surface area contributed by atoms with Crippen molar-refractivity contribution in [2.24, 2.45) is 5.92 Å². The number of phenols is 1. The molecule has 2 aromatic rings. The van der Waals surface area contributed by atoms with E-state index >= 15 is 0 Å². The highest BCUT2D eigenvalue weighted by molar-refractivity contribution is 5.97. The number of hydrogen-bond donors (Lipinski definition) is 2. The lowest BCUT2D eigenvalue weighted by Gasteiger charge is -2.17. The first-order valence-electron chi connectivity index (χ1n) is 7.14. The predicted octanol–water partition coefficient (Wildman–Crippen LogP) is 2.51. The summed E-state index contributed by atoms with van der Waals surface area (Å²) in [4.78, 5) is 20.9. The average Bonchev–Trinajstić information content (AvgIpc) is 3.29. The number of benzene rings is 1.